The van der Waals surface area contributed by atoms with Crippen LogP contribution in [0.1, 0.15) is 35.0 Å². The van der Waals surface area contributed by atoms with E-state index in [1.54, 1.807) is 0 Å². The van der Waals surface area contributed by atoms with Crippen LogP contribution in [0.25, 0.3) is 0 Å². The highest BCUT2D eigenvalue weighted by Crippen LogP contribution is 2.39. The molecule has 0 unspecified atom stereocenters. The van der Waals surface area contributed by atoms with Gasteiger partial charge in [0.05, 0.1) is 23.6 Å². The van der Waals surface area contributed by atoms with Gasteiger partial charge in [-0.15, -0.1) is 37.2 Å². The van der Waals surface area contributed by atoms with E-state index in [1.165, 1.54) is 38.1 Å². The number of rotatable bonds is 8. The van der Waals surface area contributed by atoms with Gasteiger partial charge in [-0.3, -0.25) is 0 Å². The van der Waals surface area contributed by atoms with Crippen LogP contribution in [0.5, 0.6) is 0 Å². The number of halogens is 8. The maximum Gasteiger partial charge on any atom is 0.318 e. The number of aromatic nitrogens is 1. The number of nitrogens with two attached hydrogens (primary N) is 1. The van der Waals surface area contributed by atoms with E-state index < -0.39 is 69.7 Å². The maximum atomic E-state index is 15.3. The number of pyridine rings is 1. The number of nitrogens with one attached hydrogen (secondary N) is 2. The lowest BCUT2D eigenvalue weighted by atomic mass is 9.94. The SMILES string of the molecule is CCS(=O)(=O)N[C@@H]1[C@H](Cc2cccc(C(F)(F)c3nc(CN)ccc3C)c2F)NCC1(F)F.Cl.Cl.Cl. The van der Waals surface area contributed by atoms with Crippen molar-refractivity contribution in [1.29, 1.82) is 0 Å². The molecule has 0 spiro atoms. The van der Waals surface area contributed by atoms with Crippen LogP contribution in [0, 0.1) is 12.7 Å². The molecule has 1 aliphatic heterocycles. The largest absolute Gasteiger partial charge is 0.325 e. The Labute approximate surface area is 225 Å². The van der Waals surface area contributed by atoms with Gasteiger partial charge in [-0.1, -0.05) is 18.2 Å². The summed E-state index contributed by atoms with van der Waals surface area (Å²) in [6, 6.07) is 3.15. The van der Waals surface area contributed by atoms with Crippen LogP contribution in [-0.4, -0.2) is 43.7 Å². The molecule has 1 aliphatic rings. The van der Waals surface area contributed by atoms with Gasteiger partial charge in [0.1, 0.15) is 17.6 Å². The van der Waals surface area contributed by atoms with E-state index in [-0.39, 0.29) is 60.6 Å². The van der Waals surface area contributed by atoms with Gasteiger partial charge in [0.15, 0.2) is 0 Å². The summed E-state index contributed by atoms with van der Waals surface area (Å²) >= 11 is 0. The summed E-state index contributed by atoms with van der Waals surface area (Å²) in [7, 11) is -3.99. The molecule has 0 radical (unpaired) electrons. The summed E-state index contributed by atoms with van der Waals surface area (Å²) < 4.78 is 100. The molecule has 36 heavy (non-hydrogen) atoms. The lowest BCUT2D eigenvalue weighted by molar-refractivity contribution is -0.000942. The van der Waals surface area contributed by atoms with Crippen molar-refractivity contribution in [1.82, 2.24) is 15.0 Å². The zero-order valence-corrected chi connectivity index (χ0v) is 22.5. The van der Waals surface area contributed by atoms with Gasteiger partial charge < -0.3 is 11.1 Å². The maximum absolute atomic E-state index is 15.3. The lowest BCUT2D eigenvalue weighted by Gasteiger charge is -2.25. The van der Waals surface area contributed by atoms with E-state index in [1.807, 2.05) is 4.72 Å². The van der Waals surface area contributed by atoms with Crippen molar-refractivity contribution in [2.75, 3.05) is 12.3 Å². The monoisotopic (exact) mass is 600 g/mol. The molecule has 0 saturated carbocycles. The molecule has 0 aliphatic carbocycles. The predicted molar refractivity (Wildman–Crippen MR) is 135 cm³/mol. The molecule has 6 nitrogen and oxygen atoms in total. The summed E-state index contributed by atoms with van der Waals surface area (Å²) in [5.74, 6) is -8.94. The van der Waals surface area contributed by atoms with Crippen LogP contribution in [0.15, 0.2) is 30.3 Å². The molecule has 206 valence electrons. The van der Waals surface area contributed by atoms with E-state index >= 15 is 13.2 Å². The van der Waals surface area contributed by atoms with Crippen molar-refractivity contribution in [2.24, 2.45) is 5.73 Å². The van der Waals surface area contributed by atoms with E-state index in [0.717, 1.165) is 6.07 Å². The van der Waals surface area contributed by atoms with Gasteiger partial charge in [-0.05, 0) is 43.5 Å². The minimum absolute atomic E-state index is 0. The first-order chi connectivity index (χ1) is 15.3. The minimum Gasteiger partial charge on any atom is -0.325 e. The number of alkyl halides is 4. The summed E-state index contributed by atoms with van der Waals surface area (Å²) in [5.41, 5.74) is 3.96. The van der Waals surface area contributed by atoms with Crippen LogP contribution in [0.2, 0.25) is 0 Å². The standard InChI is InChI=1S/C21H25F5N4O2S.3ClH/c1-3-33(31,32)30-19-16(28-11-20(19,23)24)9-13-5-4-6-15(17(13)22)21(25,26)18-12(2)7-8-14(10-27)29-18;;;/h4-8,16,19,28,30H,3,9-11,27H2,1-2H3;3*1H/t16-,19+;;;/m0.../s1. The Morgan fingerprint density at radius 1 is 1.19 bits per heavy atom. The molecule has 1 fully saturated rings. The third-order valence-corrected chi connectivity index (χ3v) is 7.04. The Balaban J connectivity index is 0.00000408. The van der Waals surface area contributed by atoms with Crippen LogP contribution in [0.3, 0.4) is 0 Å². The fraction of sp³-hybridized carbons (Fsp3) is 0.476. The van der Waals surface area contributed by atoms with E-state index in [0.29, 0.717) is 0 Å². The second-order valence-corrected chi connectivity index (χ2v) is 10.0. The predicted octanol–water partition coefficient (Wildman–Crippen LogP) is 3.85. The van der Waals surface area contributed by atoms with Gasteiger partial charge in [-0.2, -0.15) is 8.78 Å². The summed E-state index contributed by atoms with van der Waals surface area (Å²) in [4.78, 5) is 3.86. The van der Waals surface area contributed by atoms with Gasteiger partial charge in [0.2, 0.25) is 10.0 Å². The first-order valence-corrected chi connectivity index (χ1v) is 11.9. The summed E-state index contributed by atoms with van der Waals surface area (Å²) in [5, 5.41) is 2.48. The third-order valence-electron chi connectivity index (χ3n) is 5.66. The topological polar surface area (TPSA) is 97.1 Å². The molecule has 3 rings (SSSR count). The number of hydrogen-bond acceptors (Lipinski definition) is 5. The average Bonchev–Trinajstić information content (AvgIpc) is 3.02. The van der Waals surface area contributed by atoms with Crippen molar-refractivity contribution in [2.45, 2.75) is 50.7 Å². The first kappa shape index (κ1) is 34.7. The molecular weight excluding hydrogens is 574 g/mol. The second-order valence-electron chi connectivity index (χ2n) is 7.98. The smallest absolute Gasteiger partial charge is 0.318 e. The molecule has 2 atom stereocenters. The fourth-order valence-electron chi connectivity index (χ4n) is 3.77. The number of sulfonamides is 1. The van der Waals surface area contributed by atoms with Gasteiger partial charge >= 0.3 is 5.92 Å². The molecule has 1 aromatic carbocycles. The van der Waals surface area contributed by atoms with Crippen molar-refractivity contribution in [3.8, 4) is 0 Å². The Hall–Kier alpha value is -1.28. The molecule has 2 heterocycles. The zero-order valence-electron chi connectivity index (χ0n) is 19.2. The van der Waals surface area contributed by atoms with Crippen molar-refractivity contribution >= 4 is 47.2 Å². The van der Waals surface area contributed by atoms with Crippen molar-refractivity contribution < 1.29 is 30.4 Å². The normalized spacial score (nSPS) is 19.1. The van der Waals surface area contributed by atoms with Gasteiger partial charge in [0.25, 0.3) is 5.92 Å². The Morgan fingerprint density at radius 3 is 2.42 bits per heavy atom. The van der Waals surface area contributed by atoms with Crippen molar-refractivity contribution in [3.05, 3.63) is 64.2 Å². The summed E-state index contributed by atoms with van der Waals surface area (Å²) in [6.07, 6.45) is -0.433. The lowest BCUT2D eigenvalue weighted by Crippen LogP contribution is -2.52. The van der Waals surface area contributed by atoms with E-state index in [9.17, 15) is 17.2 Å². The number of aryl methyl sites for hydroxylation is 1. The van der Waals surface area contributed by atoms with Crippen LogP contribution in [0.4, 0.5) is 22.0 Å². The third kappa shape index (κ3) is 7.18. The molecule has 4 N–H and O–H groups in total. The highest BCUT2D eigenvalue weighted by molar-refractivity contribution is 7.89. The number of benzene rings is 1. The molecular formula is C21H28Cl3F5N4O2S. The minimum atomic E-state index is -3.99. The fourth-order valence-corrected chi connectivity index (χ4v) is 4.66. The van der Waals surface area contributed by atoms with Crippen molar-refractivity contribution in [3.63, 3.8) is 0 Å². The Kier molecular flexibility index (Phi) is 12.5. The Morgan fingerprint density at radius 2 is 1.83 bits per heavy atom. The highest BCUT2D eigenvalue weighted by Gasteiger charge is 2.51. The van der Waals surface area contributed by atoms with Gasteiger partial charge in [0, 0.05) is 12.6 Å². The van der Waals surface area contributed by atoms with Crippen LogP contribution in [-0.2, 0) is 28.9 Å². The molecule has 15 heteroatoms. The quantitative estimate of drug-likeness (QED) is 0.400. The Bertz CT molecular complexity index is 1140. The van der Waals surface area contributed by atoms with Gasteiger partial charge in [-0.25, -0.2) is 31.3 Å². The molecule has 1 saturated heterocycles. The molecule has 1 aromatic heterocycles. The summed E-state index contributed by atoms with van der Waals surface area (Å²) in [6.45, 7) is 1.79. The van der Waals surface area contributed by atoms with Crippen LogP contribution >= 0.6 is 37.2 Å². The van der Waals surface area contributed by atoms with E-state index in [2.05, 4.69) is 10.3 Å². The zero-order chi connectivity index (χ0) is 24.6. The number of nitrogens with zero attached hydrogens (tertiary/aromatic N) is 1. The molecule has 2 aromatic rings. The first-order valence-electron chi connectivity index (χ1n) is 10.3. The van der Waals surface area contributed by atoms with E-state index in [4.69, 9.17) is 5.73 Å². The highest BCUT2D eigenvalue weighted by atomic mass is 35.5. The number of hydrogen-bond donors (Lipinski definition) is 3. The molecule has 0 bridgehead atoms. The van der Waals surface area contributed by atoms with Crippen LogP contribution < -0.4 is 15.8 Å². The average molecular weight is 602 g/mol. The second kappa shape index (κ2) is 13.0. The molecule has 0 amide bonds.